The molecule has 0 aliphatic heterocycles. The van der Waals surface area contributed by atoms with E-state index < -0.39 is 0 Å². The molecule has 0 aliphatic rings. The summed E-state index contributed by atoms with van der Waals surface area (Å²) in [6, 6.07) is 1.92. The third-order valence-corrected chi connectivity index (χ3v) is 3.80. The molecular formula is C11H12BrN3S. The predicted octanol–water partition coefficient (Wildman–Crippen LogP) is 3.92. The number of hydrogen-bond donors (Lipinski definition) is 1. The SMILES string of the molecule is CCc1nc(Nc2ccncc2Br)sc1C. The van der Waals surface area contributed by atoms with Crippen molar-refractivity contribution in [3.8, 4) is 0 Å². The zero-order valence-electron chi connectivity index (χ0n) is 9.12. The first-order valence-electron chi connectivity index (χ1n) is 5.03. The first-order valence-corrected chi connectivity index (χ1v) is 6.64. The van der Waals surface area contributed by atoms with Gasteiger partial charge in [0, 0.05) is 17.3 Å². The Kier molecular flexibility index (Phi) is 3.56. The van der Waals surface area contributed by atoms with Gasteiger partial charge in [-0.15, -0.1) is 11.3 Å². The van der Waals surface area contributed by atoms with Crippen LogP contribution in [0.25, 0.3) is 0 Å². The van der Waals surface area contributed by atoms with Crippen LogP contribution in [0.15, 0.2) is 22.9 Å². The monoisotopic (exact) mass is 297 g/mol. The van der Waals surface area contributed by atoms with Gasteiger partial charge in [0.2, 0.25) is 0 Å². The van der Waals surface area contributed by atoms with Gasteiger partial charge in [0.25, 0.3) is 0 Å². The van der Waals surface area contributed by atoms with E-state index in [0.717, 1.165) is 27.4 Å². The summed E-state index contributed by atoms with van der Waals surface area (Å²) in [6.07, 6.45) is 4.50. The Morgan fingerprint density at radius 1 is 1.50 bits per heavy atom. The normalized spacial score (nSPS) is 10.4. The van der Waals surface area contributed by atoms with Crippen LogP contribution in [0, 0.1) is 6.92 Å². The standard InChI is InChI=1S/C11H12BrN3S/c1-3-9-7(2)16-11(14-9)15-10-4-5-13-6-8(10)12/h4-6H,3H2,1-2H3,(H,13,14,15). The highest BCUT2D eigenvalue weighted by Crippen LogP contribution is 2.28. The van der Waals surface area contributed by atoms with E-state index in [9.17, 15) is 0 Å². The van der Waals surface area contributed by atoms with E-state index in [2.05, 4.69) is 45.1 Å². The quantitative estimate of drug-likeness (QED) is 0.933. The largest absolute Gasteiger partial charge is 0.330 e. The molecule has 0 aromatic carbocycles. The number of pyridine rings is 1. The van der Waals surface area contributed by atoms with Gasteiger partial charge in [0.05, 0.1) is 15.9 Å². The topological polar surface area (TPSA) is 37.8 Å². The van der Waals surface area contributed by atoms with E-state index in [0.29, 0.717) is 0 Å². The average molecular weight is 298 g/mol. The first kappa shape index (κ1) is 11.5. The zero-order chi connectivity index (χ0) is 11.5. The number of halogens is 1. The number of hydrogen-bond acceptors (Lipinski definition) is 4. The zero-order valence-corrected chi connectivity index (χ0v) is 11.5. The van der Waals surface area contributed by atoms with E-state index in [1.165, 1.54) is 4.88 Å². The maximum absolute atomic E-state index is 4.53. The van der Waals surface area contributed by atoms with Crippen LogP contribution in [0.2, 0.25) is 0 Å². The van der Waals surface area contributed by atoms with Crippen LogP contribution >= 0.6 is 27.3 Å². The second-order valence-electron chi connectivity index (χ2n) is 3.36. The van der Waals surface area contributed by atoms with Gasteiger partial charge in [-0.25, -0.2) is 4.98 Å². The minimum absolute atomic E-state index is 0.932. The molecule has 2 aromatic heterocycles. The number of aryl methyl sites for hydroxylation is 2. The first-order chi connectivity index (χ1) is 7.70. The summed E-state index contributed by atoms with van der Waals surface area (Å²) in [5, 5.41) is 4.22. The number of anilines is 2. The van der Waals surface area contributed by atoms with Crippen LogP contribution in [-0.2, 0) is 6.42 Å². The minimum atomic E-state index is 0.932. The van der Waals surface area contributed by atoms with Gasteiger partial charge in [-0.05, 0) is 35.3 Å². The van der Waals surface area contributed by atoms with Gasteiger partial charge in [0.15, 0.2) is 5.13 Å². The van der Waals surface area contributed by atoms with Gasteiger partial charge < -0.3 is 5.32 Å². The summed E-state index contributed by atoms with van der Waals surface area (Å²) in [5.74, 6) is 0. The van der Waals surface area contributed by atoms with E-state index in [1.54, 1.807) is 23.7 Å². The van der Waals surface area contributed by atoms with Crippen LogP contribution < -0.4 is 5.32 Å². The molecular weight excluding hydrogens is 286 g/mol. The second kappa shape index (κ2) is 4.93. The molecule has 0 radical (unpaired) electrons. The van der Waals surface area contributed by atoms with Crippen molar-refractivity contribution in [2.24, 2.45) is 0 Å². The lowest BCUT2D eigenvalue weighted by molar-refractivity contribution is 1.05. The smallest absolute Gasteiger partial charge is 0.187 e. The second-order valence-corrected chi connectivity index (χ2v) is 5.41. The van der Waals surface area contributed by atoms with Crippen LogP contribution in [0.4, 0.5) is 10.8 Å². The Morgan fingerprint density at radius 3 is 2.94 bits per heavy atom. The van der Waals surface area contributed by atoms with E-state index >= 15 is 0 Å². The molecule has 0 amide bonds. The van der Waals surface area contributed by atoms with Crippen molar-refractivity contribution in [2.75, 3.05) is 5.32 Å². The summed E-state index contributed by atoms with van der Waals surface area (Å²) in [6.45, 7) is 4.22. The molecule has 0 bridgehead atoms. The molecule has 0 saturated heterocycles. The number of rotatable bonds is 3. The molecule has 84 valence electrons. The molecule has 2 aromatic rings. The van der Waals surface area contributed by atoms with Crippen molar-refractivity contribution in [3.05, 3.63) is 33.5 Å². The maximum Gasteiger partial charge on any atom is 0.187 e. The van der Waals surface area contributed by atoms with Crippen LogP contribution in [0.1, 0.15) is 17.5 Å². The number of nitrogens with zero attached hydrogens (tertiary/aromatic N) is 2. The Hall–Kier alpha value is -0.940. The molecule has 3 nitrogen and oxygen atoms in total. The summed E-state index contributed by atoms with van der Waals surface area (Å²) >= 11 is 5.13. The highest BCUT2D eigenvalue weighted by molar-refractivity contribution is 9.10. The molecule has 0 fully saturated rings. The van der Waals surface area contributed by atoms with Gasteiger partial charge in [-0.3, -0.25) is 4.98 Å². The summed E-state index contributed by atoms with van der Waals surface area (Å²) in [5.41, 5.74) is 2.16. The van der Waals surface area contributed by atoms with E-state index in [4.69, 9.17) is 0 Å². The maximum atomic E-state index is 4.53. The lowest BCUT2D eigenvalue weighted by Gasteiger charge is -2.03. The average Bonchev–Trinajstić information content (AvgIpc) is 2.62. The number of aromatic nitrogens is 2. The molecule has 0 aliphatic carbocycles. The third kappa shape index (κ3) is 2.41. The summed E-state index contributed by atoms with van der Waals surface area (Å²) in [4.78, 5) is 9.83. The molecule has 0 spiro atoms. The van der Waals surface area contributed by atoms with E-state index in [1.807, 2.05) is 6.07 Å². The lowest BCUT2D eigenvalue weighted by Crippen LogP contribution is -1.91. The summed E-state index contributed by atoms with van der Waals surface area (Å²) < 4.78 is 0.945. The van der Waals surface area contributed by atoms with Crippen molar-refractivity contribution >= 4 is 38.1 Å². The number of nitrogens with one attached hydrogen (secondary N) is 1. The molecule has 0 atom stereocenters. The van der Waals surface area contributed by atoms with Gasteiger partial charge in [-0.2, -0.15) is 0 Å². The third-order valence-electron chi connectivity index (χ3n) is 2.24. The highest BCUT2D eigenvalue weighted by atomic mass is 79.9. The Labute approximate surface area is 107 Å². The van der Waals surface area contributed by atoms with Gasteiger partial charge in [-0.1, -0.05) is 6.92 Å². The molecule has 5 heteroatoms. The van der Waals surface area contributed by atoms with Gasteiger partial charge >= 0.3 is 0 Å². The highest BCUT2D eigenvalue weighted by Gasteiger charge is 2.07. The molecule has 2 heterocycles. The fourth-order valence-electron chi connectivity index (χ4n) is 1.40. The van der Waals surface area contributed by atoms with E-state index in [-0.39, 0.29) is 0 Å². The van der Waals surface area contributed by atoms with Crippen LogP contribution in [0.3, 0.4) is 0 Å². The number of thiazole rings is 1. The van der Waals surface area contributed by atoms with Crippen molar-refractivity contribution < 1.29 is 0 Å². The van der Waals surface area contributed by atoms with Crippen molar-refractivity contribution in [2.45, 2.75) is 20.3 Å². The van der Waals surface area contributed by atoms with Gasteiger partial charge in [0.1, 0.15) is 0 Å². The predicted molar refractivity (Wildman–Crippen MR) is 71.4 cm³/mol. The molecule has 16 heavy (non-hydrogen) atoms. The summed E-state index contributed by atoms with van der Waals surface area (Å²) in [7, 11) is 0. The fraction of sp³-hybridized carbons (Fsp3) is 0.273. The fourth-order valence-corrected chi connectivity index (χ4v) is 2.67. The minimum Gasteiger partial charge on any atom is -0.330 e. The molecule has 0 saturated carbocycles. The Balaban J connectivity index is 2.24. The molecule has 1 N–H and O–H groups in total. The van der Waals surface area contributed by atoms with Crippen molar-refractivity contribution in [1.29, 1.82) is 0 Å². The molecule has 0 unspecified atom stereocenters. The van der Waals surface area contributed by atoms with Crippen molar-refractivity contribution in [1.82, 2.24) is 9.97 Å². The van der Waals surface area contributed by atoms with Crippen LogP contribution in [-0.4, -0.2) is 9.97 Å². The lowest BCUT2D eigenvalue weighted by atomic mass is 10.3. The molecule has 2 rings (SSSR count). The van der Waals surface area contributed by atoms with Crippen molar-refractivity contribution in [3.63, 3.8) is 0 Å². The Morgan fingerprint density at radius 2 is 2.31 bits per heavy atom. The Bertz CT molecular complexity index is 496. The van der Waals surface area contributed by atoms with Crippen LogP contribution in [0.5, 0.6) is 0 Å².